The predicted octanol–water partition coefficient (Wildman–Crippen LogP) is 2.83. The van der Waals surface area contributed by atoms with Crippen LogP contribution in [0.5, 0.6) is 0 Å². The highest BCUT2D eigenvalue weighted by atomic mass is 79.9. The fourth-order valence-corrected chi connectivity index (χ4v) is 2.19. The van der Waals surface area contributed by atoms with E-state index in [-0.39, 0.29) is 0 Å². The van der Waals surface area contributed by atoms with Crippen LogP contribution in [0, 0.1) is 0 Å². The molecule has 0 amide bonds. The molecule has 0 unspecified atom stereocenters. The smallest absolute Gasteiger partial charge is 0.341 e. The summed E-state index contributed by atoms with van der Waals surface area (Å²) in [4.78, 5) is 15.9. The fraction of sp³-hybridized carbons (Fsp3) is 0.167. The lowest BCUT2D eigenvalue weighted by Crippen LogP contribution is -2.07. The van der Waals surface area contributed by atoms with E-state index in [0.29, 0.717) is 5.56 Å². The van der Waals surface area contributed by atoms with Crippen molar-refractivity contribution in [2.24, 2.45) is 0 Å². The van der Waals surface area contributed by atoms with Crippen LogP contribution >= 0.6 is 15.9 Å². The molecular weight excluding hydrogens is 284 g/mol. The van der Waals surface area contributed by atoms with E-state index in [1.54, 1.807) is 7.05 Å². The summed E-state index contributed by atoms with van der Waals surface area (Å²) < 4.78 is 5.62. The quantitative estimate of drug-likeness (QED) is 0.866. The van der Waals surface area contributed by atoms with Gasteiger partial charge in [-0.05, 0) is 22.0 Å². The Morgan fingerprint density at radius 1 is 1.47 bits per heavy atom. The molecule has 1 aromatic heterocycles. The number of nitrogens with one attached hydrogen (secondary N) is 1. The highest BCUT2D eigenvalue weighted by Crippen LogP contribution is 2.30. The lowest BCUT2D eigenvalue weighted by atomic mass is 10.1. The largest absolute Gasteiger partial charge is 0.465 e. The van der Waals surface area contributed by atoms with Crippen molar-refractivity contribution in [3.63, 3.8) is 0 Å². The van der Waals surface area contributed by atoms with Gasteiger partial charge in [0.15, 0.2) is 0 Å². The minimum Gasteiger partial charge on any atom is -0.465 e. The molecule has 2 aromatic rings. The number of anilines is 1. The Hall–Kier alpha value is -1.62. The second-order valence-corrected chi connectivity index (χ2v) is 4.28. The first kappa shape index (κ1) is 11.9. The third-order valence-corrected chi connectivity index (χ3v) is 3.14. The van der Waals surface area contributed by atoms with Crippen molar-refractivity contribution < 1.29 is 9.53 Å². The number of esters is 1. The first-order chi connectivity index (χ1) is 8.19. The number of ether oxygens (including phenoxy) is 1. The third kappa shape index (κ3) is 1.98. The average Bonchev–Trinajstić information content (AvgIpc) is 2.37. The molecule has 0 aliphatic rings. The van der Waals surface area contributed by atoms with E-state index in [0.717, 1.165) is 21.1 Å². The SMILES string of the molecule is CNc1c(C(=O)OC)cnc2c(Br)cccc12. The summed E-state index contributed by atoms with van der Waals surface area (Å²) in [6.07, 6.45) is 1.52. The number of benzene rings is 1. The summed E-state index contributed by atoms with van der Waals surface area (Å²) in [5.74, 6) is -0.399. The number of halogens is 1. The van der Waals surface area contributed by atoms with Crippen LogP contribution in [0.1, 0.15) is 10.4 Å². The van der Waals surface area contributed by atoms with E-state index >= 15 is 0 Å². The first-order valence-corrected chi connectivity index (χ1v) is 5.81. The van der Waals surface area contributed by atoms with Crippen LogP contribution in [-0.2, 0) is 4.74 Å². The molecular formula is C12H11BrN2O2. The number of carbonyl (C=O) groups is 1. The standard InChI is InChI=1S/C12H11BrN2O2/c1-14-10-7-4-3-5-9(13)11(7)15-6-8(10)12(16)17-2/h3-6H,1-2H3,(H,14,15). The number of pyridine rings is 1. The Balaban J connectivity index is 2.78. The summed E-state index contributed by atoms with van der Waals surface area (Å²) in [6, 6.07) is 5.72. The number of para-hydroxylation sites is 1. The van der Waals surface area contributed by atoms with Crippen molar-refractivity contribution in [3.05, 3.63) is 34.4 Å². The van der Waals surface area contributed by atoms with E-state index in [9.17, 15) is 4.79 Å². The molecule has 2 rings (SSSR count). The average molecular weight is 295 g/mol. The molecule has 1 N–H and O–H groups in total. The van der Waals surface area contributed by atoms with E-state index in [4.69, 9.17) is 4.74 Å². The highest BCUT2D eigenvalue weighted by molar-refractivity contribution is 9.10. The number of carbonyl (C=O) groups excluding carboxylic acids is 1. The zero-order chi connectivity index (χ0) is 12.4. The number of aromatic nitrogens is 1. The molecule has 0 fully saturated rings. The van der Waals surface area contributed by atoms with Gasteiger partial charge in [0.25, 0.3) is 0 Å². The summed E-state index contributed by atoms with van der Waals surface area (Å²) in [6.45, 7) is 0. The number of rotatable bonds is 2. The number of hydrogen-bond acceptors (Lipinski definition) is 4. The molecule has 5 heteroatoms. The van der Waals surface area contributed by atoms with Crippen LogP contribution in [0.2, 0.25) is 0 Å². The molecule has 4 nitrogen and oxygen atoms in total. The van der Waals surface area contributed by atoms with Crippen LogP contribution in [0.25, 0.3) is 10.9 Å². The summed E-state index contributed by atoms with van der Waals surface area (Å²) in [5, 5.41) is 3.90. The zero-order valence-electron chi connectivity index (χ0n) is 9.45. The van der Waals surface area contributed by atoms with Crippen molar-refractivity contribution in [3.8, 4) is 0 Å². The Bertz CT molecular complexity index is 584. The van der Waals surface area contributed by atoms with Gasteiger partial charge in [0, 0.05) is 23.1 Å². The van der Waals surface area contributed by atoms with Crippen LogP contribution in [0.4, 0.5) is 5.69 Å². The Labute approximate surface area is 107 Å². The minimum absolute atomic E-state index is 0.399. The number of hydrogen-bond donors (Lipinski definition) is 1. The highest BCUT2D eigenvalue weighted by Gasteiger charge is 2.15. The van der Waals surface area contributed by atoms with Gasteiger partial charge in [-0.3, -0.25) is 4.98 Å². The lowest BCUT2D eigenvalue weighted by Gasteiger charge is -2.11. The van der Waals surface area contributed by atoms with Gasteiger partial charge in [0.2, 0.25) is 0 Å². The Morgan fingerprint density at radius 2 is 2.24 bits per heavy atom. The van der Waals surface area contributed by atoms with Crippen LogP contribution in [0.15, 0.2) is 28.9 Å². The van der Waals surface area contributed by atoms with Gasteiger partial charge in [-0.15, -0.1) is 0 Å². The van der Waals surface area contributed by atoms with Gasteiger partial charge in [0.1, 0.15) is 5.56 Å². The molecule has 0 radical (unpaired) electrons. The second kappa shape index (κ2) is 4.71. The van der Waals surface area contributed by atoms with Crippen molar-refractivity contribution in [1.29, 1.82) is 0 Å². The van der Waals surface area contributed by atoms with E-state index in [1.165, 1.54) is 13.3 Å². The monoisotopic (exact) mass is 294 g/mol. The van der Waals surface area contributed by atoms with Gasteiger partial charge in [0.05, 0.1) is 18.3 Å². The van der Waals surface area contributed by atoms with E-state index in [1.807, 2.05) is 18.2 Å². The third-order valence-electron chi connectivity index (χ3n) is 2.50. The maximum Gasteiger partial charge on any atom is 0.341 e. The molecule has 0 spiro atoms. The molecule has 0 saturated heterocycles. The Morgan fingerprint density at radius 3 is 2.88 bits per heavy atom. The topological polar surface area (TPSA) is 51.2 Å². The van der Waals surface area contributed by atoms with Crippen molar-refractivity contribution >= 4 is 38.5 Å². The Kier molecular flexibility index (Phi) is 3.28. The molecule has 1 aromatic carbocycles. The van der Waals surface area contributed by atoms with Gasteiger partial charge in [-0.25, -0.2) is 4.79 Å². The van der Waals surface area contributed by atoms with Crippen molar-refractivity contribution in [2.75, 3.05) is 19.5 Å². The minimum atomic E-state index is -0.399. The zero-order valence-corrected chi connectivity index (χ0v) is 11.0. The lowest BCUT2D eigenvalue weighted by molar-refractivity contribution is 0.0601. The summed E-state index contributed by atoms with van der Waals surface area (Å²) in [7, 11) is 3.12. The molecule has 0 saturated carbocycles. The second-order valence-electron chi connectivity index (χ2n) is 3.42. The molecule has 0 bridgehead atoms. The fourth-order valence-electron chi connectivity index (χ4n) is 1.72. The first-order valence-electron chi connectivity index (χ1n) is 5.02. The molecule has 17 heavy (non-hydrogen) atoms. The van der Waals surface area contributed by atoms with Crippen LogP contribution < -0.4 is 5.32 Å². The van der Waals surface area contributed by atoms with Crippen molar-refractivity contribution in [1.82, 2.24) is 4.98 Å². The van der Waals surface area contributed by atoms with E-state index in [2.05, 4.69) is 26.2 Å². The molecule has 88 valence electrons. The maximum atomic E-state index is 11.6. The molecule has 0 aliphatic carbocycles. The normalized spacial score (nSPS) is 10.3. The van der Waals surface area contributed by atoms with Gasteiger partial charge >= 0.3 is 5.97 Å². The number of fused-ring (bicyclic) bond motifs is 1. The number of methoxy groups -OCH3 is 1. The summed E-state index contributed by atoms with van der Waals surface area (Å²) >= 11 is 3.43. The molecule has 0 aliphatic heterocycles. The van der Waals surface area contributed by atoms with Gasteiger partial charge in [-0.2, -0.15) is 0 Å². The van der Waals surface area contributed by atoms with Gasteiger partial charge in [-0.1, -0.05) is 12.1 Å². The van der Waals surface area contributed by atoms with Crippen molar-refractivity contribution in [2.45, 2.75) is 0 Å². The van der Waals surface area contributed by atoms with E-state index < -0.39 is 5.97 Å². The molecule has 1 heterocycles. The van der Waals surface area contributed by atoms with Crippen LogP contribution in [-0.4, -0.2) is 25.1 Å². The number of nitrogens with zero attached hydrogens (tertiary/aromatic N) is 1. The molecule has 0 atom stereocenters. The summed E-state index contributed by atoms with van der Waals surface area (Å²) in [5.41, 5.74) is 1.97. The predicted molar refractivity (Wildman–Crippen MR) is 70.3 cm³/mol. The van der Waals surface area contributed by atoms with Crippen LogP contribution in [0.3, 0.4) is 0 Å². The maximum absolute atomic E-state index is 11.6. The van der Waals surface area contributed by atoms with Gasteiger partial charge < -0.3 is 10.1 Å².